The Kier molecular flexibility index (Phi) is 3.45. The number of H-pyrrole nitrogens is 1. The number of benzene rings is 1. The van der Waals surface area contributed by atoms with Crippen LogP contribution < -0.4 is 5.73 Å². The highest BCUT2D eigenvalue weighted by atomic mass is 32.2. The van der Waals surface area contributed by atoms with Crippen molar-refractivity contribution in [1.29, 1.82) is 0 Å². The summed E-state index contributed by atoms with van der Waals surface area (Å²) in [5.74, 6) is -0.429. The molecule has 7 nitrogen and oxygen atoms in total. The lowest BCUT2D eigenvalue weighted by atomic mass is 10.1. The summed E-state index contributed by atoms with van der Waals surface area (Å²) in [6.07, 6.45) is 3.10. The highest BCUT2D eigenvalue weighted by molar-refractivity contribution is 7.90. The summed E-state index contributed by atoms with van der Waals surface area (Å²) in [7, 11) is -3.63. The van der Waals surface area contributed by atoms with E-state index in [1.54, 1.807) is 6.20 Å². The number of aryl methyl sites for hydroxylation is 1. The molecule has 2 aromatic heterocycles. The van der Waals surface area contributed by atoms with Gasteiger partial charge in [0, 0.05) is 18.0 Å². The Bertz CT molecular complexity index is 894. The number of sulfone groups is 1. The summed E-state index contributed by atoms with van der Waals surface area (Å²) in [5.41, 5.74) is 7.83. The molecule has 0 unspecified atom stereocenters. The van der Waals surface area contributed by atoms with Gasteiger partial charge in [0.15, 0.2) is 9.84 Å². The Morgan fingerprint density at radius 3 is 2.55 bits per heavy atom. The molecule has 0 saturated heterocycles. The maximum absolute atomic E-state index is 12.5. The average molecular weight is 318 g/mol. The molecule has 0 fully saturated rings. The molecule has 114 valence electrons. The quantitative estimate of drug-likeness (QED) is 0.759. The van der Waals surface area contributed by atoms with E-state index in [2.05, 4.69) is 15.2 Å². The molecule has 0 aliphatic carbocycles. The molecule has 3 rings (SSSR count). The zero-order valence-electron chi connectivity index (χ0n) is 11.8. The minimum absolute atomic E-state index is 0.0337. The number of hydrogen-bond acceptors (Lipinski definition) is 6. The summed E-state index contributed by atoms with van der Waals surface area (Å²) >= 11 is 0. The first-order valence-electron chi connectivity index (χ1n) is 6.50. The van der Waals surface area contributed by atoms with Gasteiger partial charge in [-0.05, 0) is 12.5 Å². The van der Waals surface area contributed by atoms with Crippen LogP contribution in [-0.4, -0.2) is 23.6 Å². The zero-order valence-corrected chi connectivity index (χ0v) is 12.6. The van der Waals surface area contributed by atoms with Crippen molar-refractivity contribution in [2.24, 2.45) is 0 Å². The van der Waals surface area contributed by atoms with Crippen LogP contribution in [0.2, 0.25) is 0 Å². The van der Waals surface area contributed by atoms with E-state index in [1.165, 1.54) is 6.20 Å². The number of nitrogens with zero attached hydrogens (tertiary/aromatic N) is 2. The van der Waals surface area contributed by atoms with Gasteiger partial charge in [-0.2, -0.15) is 0 Å². The number of aromatic amines is 1. The SMILES string of the molecule is Cc1ccc(-c2c[nH]cc2S(=O)(=O)Cc2nnc(N)o2)cc1. The lowest BCUT2D eigenvalue weighted by molar-refractivity contribution is 0.522. The molecule has 8 heteroatoms. The monoisotopic (exact) mass is 318 g/mol. The molecule has 0 aliphatic rings. The molecule has 0 spiro atoms. The van der Waals surface area contributed by atoms with Crippen molar-refractivity contribution in [3.63, 3.8) is 0 Å². The van der Waals surface area contributed by atoms with E-state index < -0.39 is 15.6 Å². The van der Waals surface area contributed by atoms with Gasteiger partial charge in [0.2, 0.25) is 5.89 Å². The van der Waals surface area contributed by atoms with E-state index in [0.717, 1.165) is 11.1 Å². The van der Waals surface area contributed by atoms with Crippen LogP contribution in [0.5, 0.6) is 0 Å². The van der Waals surface area contributed by atoms with Crippen molar-refractivity contribution in [2.45, 2.75) is 17.6 Å². The minimum Gasteiger partial charge on any atom is -0.407 e. The van der Waals surface area contributed by atoms with Crippen LogP contribution in [0.15, 0.2) is 46.0 Å². The lowest BCUT2D eigenvalue weighted by Crippen LogP contribution is -2.05. The van der Waals surface area contributed by atoms with Gasteiger partial charge in [-0.3, -0.25) is 0 Å². The largest absolute Gasteiger partial charge is 0.407 e. The molecular formula is C14H14N4O3S. The standard InChI is InChI=1S/C14H14N4O3S/c1-9-2-4-10(5-3-9)11-6-16-7-12(11)22(19,20)8-13-17-18-14(15)21-13/h2-7,16H,8H2,1H3,(H2,15,18). The maximum atomic E-state index is 12.5. The second-order valence-corrected chi connectivity index (χ2v) is 6.85. The third-order valence-corrected chi connectivity index (χ3v) is 4.84. The number of nitrogens with one attached hydrogen (secondary N) is 1. The Balaban J connectivity index is 1.98. The summed E-state index contributed by atoms with van der Waals surface area (Å²) in [5, 5.41) is 7.06. The Morgan fingerprint density at radius 1 is 1.18 bits per heavy atom. The van der Waals surface area contributed by atoms with Crippen LogP contribution in [-0.2, 0) is 15.6 Å². The van der Waals surface area contributed by atoms with Crippen molar-refractivity contribution in [3.05, 3.63) is 48.1 Å². The number of nitrogen functional groups attached to an aromatic ring is 1. The van der Waals surface area contributed by atoms with Crippen molar-refractivity contribution >= 4 is 15.9 Å². The highest BCUT2D eigenvalue weighted by Crippen LogP contribution is 2.29. The molecule has 0 radical (unpaired) electrons. The maximum Gasteiger partial charge on any atom is 0.312 e. The molecule has 1 aromatic carbocycles. The van der Waals surface area contributed by atoms with Crippen LogP contribution >= 0.6 is 0 Å². The first kappa shape index (κ1) is 14.3. The van der Waals surface area contributed by atoms with E-state index in [1.807, 2.05) is 31.2 Å². The first-order valence-corrected chi connectivity index (χ1v) is 8.15. The predicted octanol–water partition coefficient (Wildman–Crippen LogP) is 1.93. The first-order chi connectivity index (χ1) is 10.5. The molecule has 2 heterocycles. The molecule has 0 atom stereocenters. The fraction of sp³-hybridized carbons (Fsp3) is 0.143. The smallest absolute Gasteiger partial charge is 0.312 e. The highest BCUT2D eigenvalue weighted by Gasteiger charge is 2.23. The van der Waals surface area contributed by atoms with E-state index in [9.17, 15) is 8.42 Å². The molecule has 0 saturated carbocycles. The number of rotatable bonds is 4. The van der Waals surface area contributed by atoms with Gasteiger partial charge in [0.1, 0.15) is 5.75 Å². The van der Waals surface area contributed by atoms with Crippen LogP contribution in [0.25, 0.3) is 11.1 Å². The van der Waals surface area contributed by atoms with Gasteiger partial charge in [-0.15, -0.1) is 5.10 Å². The molecule has 0 bridgehead atoms. The van der Waals surface area contributed by atoms with Gasteiger partial charge in [0.25, 0.3) is 0 Å². The Morgan fingerprint density at radius 2 is 1.91 bits per heavy atom. The fourth-order valence-electron chi connectivity index (χ4n) is 2.13. The van der Waals surface area contributed by atoms with E-state index in [0.29, 0.717) is 5.56 Å². The van der Waals surface area contributed by atoms with Gasteiger partial charge in [-0.1, -0.05) is 34.9 Å². The average Bonchev–Trinajstić information content (AvgIpc) is 3.09. The molecular weight excluding hydrogens is 304 g/mol. The Hall–Kier alpha value is -2.61. The van der Waals surface area contributed by atoms with Gasteiger partial charge in [-0.25, -0.2) is 8.42 Å². The number of aromatic nitrogens is 3. The van der Waals surface area contributed by atoms with Crippen molar-refractivity contribution in [2.75, 3.05) is 5.73 Å². The second-order valence-electron chi connectivity index (χ2n) is 4.89. The normalized spacial score (nSPS) is 11.7. The number of hydrogen-bond donors (Lipinski definition) is 2. The number of anilines is 1. The third kappa shape index (κ3) is 2.73. The van der Waals surface area contributed by atoms with Crippen LogP contribution in [0.4, 0.5) is 6.01 Å². The van der Waals surface area contributed by atoms with E-state index >= 15 is 0 Å². The summed E-state index contributed by atoms with van der Waals surface area (Å²) < 4.78 is 30.0. The molecule has 3 N–H and O–H groups in total. The van der Waals surface area contributed by atoms with Gasteiger partial charge < -0.3 is 15.1 Å². The van der Waals surface area contributed by atoms with Crippen LogP contribution in [0.3, 0.4) is 0 Å². The van der Waals surface area contributed by atoms with Crippen molar-refractivity contribution in [1.82, 2.24) is 15.2 Å². The summed E-state index contributed by atoms with van der Waals surface area (Å²) in [6, 6.07) is 7.46. The van der Waals surface area contributed by atoms with Gasteiger partial charge >= 0.3 is 6.01 Å². The molecule has 22 heavy (non-hydrogen) atoms. The third-order valence-electron chi connectivity index (χ3n) is 3.20. The van der Waals surface area contributed by atoms with Crippen molar-refractivity contribution in [3.8, 4) is 11.1 Å². The zero-order chi connectivity index (χ0) is 15.7. The van der Waals surface area contributed by atoms with Gasteiger partial charge in [0.05, 0.1) is 4.90 Å². The minimum atomic E-state index is -3.63. The molecule has 3 aromatic rings. The van der Waals surface area contributed by atoms with Crippen LogP contribution in [0, 0.1) is 6.92 Å². The Labute approximate surface area is 127 Å². The number of nitrogens with two attached hydrogens (primary N) is 1. The van der Waals surface area contributed by atoms with E-state index in [-0.39, 0.29) is 16.8 Å². The topological polar surface area (TPSA) is 115 Å². The summed E-state index contributed by atoms with van der Waals surface area (Å²) in [4.78, 5) is 3.03. The van der Waals surface area contributed by atoms with E-state index in [4.69, 9.17) is 10.2 Å². The molecule has 0 amide bonds. The predicted molar refractivity (Wildman–Crippen MR) is 80.6 cm³/mol. The second kappa shape index (κ2) is 5.30. The van der Waals surface area contributed by atoms with Crippen molar-refractivity contribution < 1.29 is 12.8 Å². The lowest BCUT2D eigenvalue weighted by Gasteiger charge is -2.05. The summed E-state index contributed by atoms with van der Waals surface area (Å²) in [6.45, 7) is 1.97. The van der Waals surface area contributed by atoms with Crippen LogP contribution in [0.1, 0.15) is 11.5 Å². The molecule has 0 aliphatic heterocycles. The fourth-order valence-corrected chi connectivity index (χ4v) is 3.49.